The summed E-state index contributed by atoms with van der Waals surface area (Å²) in [7, 11) is -8.18. The zero-order valence-electron chi connectivity index (χ0n) is 36.6. The predicted octanol–water partition coefficient (Wildman–Crippen LogP) is 4.55. The van der Waals surface area contributed by atoms with Gasteiger partial charge in [-0.15, -0.1) is 13.2 Å². The van der Waals surface area contributed by atoms with Crippen LogP contribution in [0.4, 0.5) is 0 Å². The van der Waals surface area contributed by atoms with E-state index in [9.17, 15) is 29.5 Å². The van der Waals surface area contributed by atoms with Gasteiger partial charge in [-0.05, 0) is 42.1 Å². The molecule has 0 spiro atoms. The molecule has 4 aromatic rings. The molecule has 4 heterocycles. The van der Waals surface area contributed by atoms with Crippen LogP contribution in [-0.2, 0) is 32.0 Å². The fraction of sp³-hybridized carbons (Fsp3) is 0.444. The number of benzene rings is 2. The Morgan fingerprint density at radius 2 is 1.36 bits per heavy atom. The van der Waals surface area contributed by atoms with Crippen LogP contribution in [0.15, 0.2) is 118 Å². The minimum absolute atomic E-state index is 0.00907. The summed E-state index contributed by atoms with van der Waals surface area (Å²) in [6, 6.07) is 21.7. The smallest absolute Gasteiger partial charge is 0.402 e. The Morgan fingerprint density at radius 1 is 0.859 bits per heavy atom. The summed E-state index contributed by atoms with van der Waals surface area (Å²) >= 11 is 0. The van der Waals surface area contributed by atoms with Crippen molar-refractivity contribution in [3.8, 4) is 6.07 Å². The quantitative estimate of drug-likeness (QED) is 0.0509. The van der Waals surface area contributed by atoms with Crippen LogP contribution in [0, 0.1) is 25.2 Å². The van der Waals surface area contributed by atoms with Crippen molar-refractivity contribution in [1.82, 2.24) is 19.1 Å². The molecule has 3 N–H and O–H groups in total. The van der Waals surface area contributed by atoms with Crippen molar-refractivity contribution in [2.75, 3.05) is 6.61 Å². The Hall–Kier alpha value is -5.06. The van der Waals surface area contributed by atoms with Crippen LogP contribution in [0.1, 0.15) is 76.5 Å². The van der Waals surface area contributed by atoms with Crippen LogP contribution in [0.3, 0.4) is 0 Å². The fourth-order valence-electron chi connectivity index (χ4n) is 8.40. The Balaban J connectivity index is 1.45. The second-order valence-corrected chi connectivity index (χ2v) is 22.8. The van der Waals surface area contributed by atoms with Crippen LogP contribution in [0.25, 0.3) is 0 Å². The third kappa shape index (κ3) is 10.4. The molecule has 0 radical (unpaired) electrons. The number of hydrogen-bond acceptors (Lipinski definition) is 13. The van der Waals surface area contributed by atoms with Gasteiger partial charge in [-0.2, -0.15) is 5.26 Å². The molecule has 17 nitrogen and oxygen atoms in total. The largest absolute Gasteiger partial charge is 0.475 e. The van der Waals surface area contributed by atoms with Crippen molar-refractivity contribution in [3.05, 3.63) is 151 Å². The molecule has 2 aliphatic rings. The van der Waals surface area contributed by atoms with Gasteiger partial charge in [0.05, 0.1) is 31.3 Å². The molecule has 19 heteroatoms. The van der Waals surface area contributed by atoms with Gasteiger partial charge in [-0.1, -0.05) is 93.6 Å². The van der Waals surface area contributed by atoms with Crippen LogP contribution >= 0.6 is 7.82 Å². The molecular weight excluding hydrogens is 862 g/mol. The summed E-state index contributed by atoms with van der Waals surface area (Å²) in [5, 5.41) is 22.1. The van der Waals surface area contributed by atoms with E-state index in [-0.39, 0.29) is 49.8 Å². The number of aliphatic hydroxyl groups excluding tert-OH is 1. The number of aliphatic hydroxyl groups is 1. The topological polar surface area (TPSA) is 226 Å². The van der Waals surface area contributed by atoms with Crippen molar-refractivity contribution >= 4 is 26.5 Å². The van der Waals surface area contributed by atoms with Crippen LogP contribution < -0.4 is 32.9 Å². The maximum absolute atomic E-state index is 15.2. The van der Waals surface area contributed by atoms with Gasteiger partial charge in [0, 0.05) is 36.4 Å². The molecule has 2 fully saturated rings. The van der Waals surface area contributed by atoms with Gasteiger partial charge in [0.15, 0.2) is 0 Å². The first-order valence-electron chi connectivity index (χ1n) is 21.1. The van der Waals surface area contributed by atoms with Gasteiger partial charge in [0.2, 0.25) is 0 Å². The van der Waals surface area contributed by atoms with Crippen LogP contribution in [0.2, 0.25) is 5.04 Å². The number of phosphoric acid groups is 1. The van der Waals surface area contributed by atoms with Crippen molar-refractivity contribution in [2.24, 2.45) is 0 Å². The highest BCUT2D eigenvalue weighted by molar-refractivity contribution is 7.48. The van der Waals surface area contributed by atoms with Crippen molar-refractivity contribution in [3.63, 3.8) is 0 Å². The molecular formula is C45H56N5O12PSi. The molecule has 0 saturated carbocycles. The number of phosphoric ester groups is 1. The van der Waals surface area contributed by atoms with E-state index in [4.69, 9.17) is 27.5 Å². The van der Waals surface area contributed by atoms with E-state index in [0.29, 0.717) is 0 Å². The number of aromatic nitrogens is 4. The average molecular weight is 918 g/mol. The van der Waals surface area contributed by atoms with Crippen molar-refractivity contribution in [1.29, 1.82) is 5.26 Å². The molecule has 2 aromatic heterocycles. The van der Waals surface area contributed by atoms with E-state index in [1.54, 1.807) is 6.92 Å². The normalized spacial score (nSPS) is 23.2. The second-order valence-electron chi connectivity index (χ2n) is 17.0. The number of ether oxygens (including phenoxy) is 2. The van der Waals surface area contributed by atoms with E-state index in [1.165, 1.54) is 36.0 Å². The number of hydrogen-bond donors (Lipinski definition) is 3. The number of H-pyrrole nitrogens is 2. The van der Waals surface area contributed by atoms with E-state index in [0.717, 1.165) is 14.9 Å². The number of aromatic amines is 2. The average Bonchev–Trinajstić information content (AvgIpc) is 3.87. The number of rotatable bonds is 19. The lowest BCUT2D eigenvalue weighted by Gasteiger charge is -2.45. The third-order valence-corrected chi connectivity index (χ3v) is 18.0. The summed E-state index contributed by atoms with van der Waals surface area (Å²) in [6.07, 6.45) is -3.49. The minimum Gasteiger partial charge on any atom is -0.402 e. The molecule has 2 aliphatic heterocycles. The number of nitrogens with one attached hydrogen (secondary N) is 2. The minimum atomic E-state index is -4.82. The van der Waals surface area contributed by atoms with Crippen LogP contribution in [0.5, 0.6) is 0 Å². The number of nitriles is 1. The highest BCUT2D eigenvalue weighted by atomic mass is 31.2. The standard InChI is InChI=1S/C45H56N5O12PSi/c1-8-17-33(51)39-35(25-37(58-39)49-27-29(3)41(52)47-43(49)54)61-63(56,57-24-16-23-46)60-34(18-9-2)40-36(26-38(59-40)50-28-30(4)42(53)48-44(50)55)62-64(45(5,6)7,31-19-12-10-13-20-31)32-21-14-11-15-22-32/h8-15,19-22,27-28,33-40,51H,1-2,16-18,24-26H2,3-7H3,(H,47,52,54)(H,48,53,55)/t33-,34-,35-,36-,37?,38+,39?,40+,63?/m0/s1. The molecule has 0 aliphatic carbocycles. The van der Waals surface area contributed by atoms with Crippen molar-refractivity contribution in [2.45, 2.75) is 121 Å². The molecule has 3 unspecified atom stereocenters. The predicted molar refractivity (Wildman–Crippen MR) is 241 cm³/mol. The molecule has 2 saturated heterocycles. The maximum Gasteiger partial charge on any atom is 0.475 e. The third-order valence-electron chi connectivity index (χ3n) is 11.4. The Morgan fingerprint density at radius 3 is 1.84 bits per heavy atom. The molecule has 0 amide bonds. The first kappa shape index (κ1) is 48.4. The first-order chi connectivity index (χ1) is 30.4. The zero-order valence-corrected chi connectivity index (χ0v) is 38.5. The fourth-order valence-corrected chi connectivity index (χ4v) is 14.7. The lowest BCUT2D eigenvalue weighted by molar-refractivity contribution is -0.0954. The Bertz CT molecular complexity index is 2560. The SMILES string of the molecule is C=CC[C@H](OP(=O)(OCCC#N)O[C@H]1CC(n2cc(C)c(=O)[nH]c2=O)OC1[C@@H](O)CC=C)[C@H]1O[C@@H](n2cc(C)c(=O)[nH]c2=O)C[C@@H]1O[Si](c1ccccc1)(c1ccccc1)C(C)(C)C. The van der Waals surface area contributed by atoms with Gasteiger partial charge in [0.25, 0.3) is 19.4 Å². The van der Waals surface area contributed by atoms with Gasteiger partial charge in [-0.25, -0.2) is 14.2 Å². The molecule has 2 aromatic carbocycles. The highest BCUT2D eigenvalue weighted by Crippen LogP contribution is 2.56. The highest BCUT2D eigenvalue weighted by Gasteiger charge is 2.56. The monoisotopic (exact) mass is 917 g/mol. The summed E-state index contributed by atoms with van der Waals surface area (Å²) in [4.78, 5) is 55.7. The van der Waals surface area contributed by atoms with Gasteiger partial charge >= 0.3 is 19.2 Å². The first-order valence-corrected chi connectivity index (χ1v) is 24.4. The van der Waals surface area contributed by atoms with Gasteiger partial charge in [0.1, 0.15) is 36.9 Å². The van der Waals surface area contributed by atoms with E-state index in [1.807, 2.05) is 66.7 Å². The molecule has 64 heavy (non-hydrogen) atoms. The summed E-state index contributed by atoms with van der Waals surface area (Å²) in [6.45, 7) is 16.7. The van der Waals surface area contributed by atoms with E-state index >= 15 is 4.57 Å². The van der Waals surface area contributed by atoms with Crippen molar-refractivity contribution < 1.29 is 37.1 Å². The Labute approximate surface area is 371 Å². The van der Waals surface area contributed by atoms with Gasteiger partial charge < -0.3 is 19.0 Å². The lowest BCUT2D eigenvalue weighted by atomic mass is 10.1. The lowest BCUT2D eigenvalue weighted by Crippen LogP contribution is -2.68. The molecule has 6 rings (SSSR count). The summed E-state index contributed by atoms with van der Waals surface area (Å²) < 4.78 is 56.8. The molecule has 0 bridgehead atoms. The van der Waals surface area contributed by atoms with Crippen LogP contribution in [-0.4, -0.2) is 75.8 Å². The molecule has 342 valence electrons. The number of aryl methyl sites for hydroxylation is 2. The van der Waals surface area contributed by atoms with E-state index in [2.05, 4.69) is 43.9 Å². The summed E-state index contributed by atoms with van der Waals surface area (Å²) in [5.41, 5.74) is -2.12. The number of nitrogens with zero attached hydrogens (tertiary/aromatic N) is 3. The Kier molecular flexibility index (Phi) is 15.4. The second kappa shape index (κ2) is 20.4. The summed E-state index contributed by atoms with van der Waals surface area (Å²) in [5.74, 6) is 0. The zero-order chi connectivity index (χ0) is 46.4. The maximum atomic E-state index is 15.2. The molecule has 9 atom stereocenters. The van der Waals surface area contributed by atoms with Gasteiger partial charge in [-0.3, -0.25) is 42.3 Å². The van der Waals surface area contributed by atoms with E-state index < -0.39 is 92.8 Å².